The van der Waals surface area contributed by atoms with E-state index in [1.54, 1.807) is 12.1 Å². The second-order valence-electron chi connectivity index (χ2n) is 11.3. The monoisotopic (exact) mass is 522 g/mol. The molecular weight excluding hydrogens is 491 g/mol. The highest BCUT2D eigenvalue weighted by atomic mass is 19.1. The molecule has 5 nitrogen and oxygen atoms in total. The number of esters is 1. The van der Waals surface area contributed by atoms with Gasteiger partial charge in [0.15, 0.2) is 11.6 Å². The van der Waals surface area contributed by atoms with Gasteiger partial charge >= 0.3 is 5.97 Å². The lowest BCUT2D eigenvalue weighted by Crippen LogP contribution is -2.38. The van der Waals surface area contributed by atoms with Crippen LogP contribution in [0, 0.1) is 11.7 Å². The van der Waals surface area contributed by atoms with Gasteiger partial charge in [-0.2, -0.15) is 0 Å². The van der Waals surface area contributed by atoms with Gasteiger partial charge in [-0.15, -0.1) is 0 Å². The van der Waals surface area contributed by atoms with Gasteiger partial charge in [-0.1, -0.05) is 30.3 Å². The SMILES string of the molecule is C[C@@H]1c2ccccc2CCN1C(=O)c1cc(C2CC2)c2cc(-c3cccc(OC(=O)C4CC4)c3F)n(C)c2c1. The summed E-state index contributed by atoms with van der Waals surface area (Å²) < 4.78 is 23.0. The van der Waals surface area contributed by atoms with Gasteiger partial charge in [0.2, 0.25) is 0 Å². The first kappa shape index (κ1) is 24.1. The lowest BCUT2D eigenvalue weighted by molar-refractivity contribution is -0.136. The Morgan fingerprint density at radius 3 is 2.51 bits per heavy atom. The number of carbonyl (C=O) groups is 2. The largest absolute Gasteiger partial charge is 0.423 e. The van der Waals surface area contributed by atoms with Crippen LogP contribution in [-0.4, -0.2) is 27.9 Å². The van der Waals surface area contributed by atoms with Crippen LogP contribution in [0.3, 0.4) is 0 Å². The van der Waals surface area contributed by atoms with E-state index in [1.807, 2.05) is 34.7 Å². The van der Waals surface area contributed by atoms with Gasteiger partial charge in [0.05, 0.1) is 17.7 Å². The van der Waals surface area contributed by atoms with Crippen molar-refractivity contribution in [3.63, 3.8) is 0 Å². The number of fused-ring (bicyclic) bond motifs is 2. The van der Waals surface area contributed by atoms with Crippen molar-refractivity contribution in [1.29, 1.82) is 0 Å². The second kappa shape index (κ2) is 9.08. The summed E-state index contributed by atoms with van der Waals surface area (Å²) in [7, 11) is 1.91. The van der Waals surface area contributed by atoms with Crippen molar-refractivity contribution in [2.24, 2.45) is 13.0 Å². The molecule has 0 bridgehead atoms. The minimum Gasteiger partial charge on any atom is -0.423 e. The molecule has 0 N–H and O–H groups in total. The molecule has 0 unspecified atom stereocenters. The summed E-state index contributed by atoms with van der Waals surface area (Å²) in [6.45, 7) is 2.78. The third-order valence-electron chi connectivity index (χ3n) is 8.67. The molecule has 0 saturated heterocycles. The zero-order valence-electron chi connectivity index (χ0n) is 22.2. The number of benzene rings is 3. The molecule has 1 aliphatic heterocycles. The number of ether oxygens (including phenoxy) is 1. The van der Waals surface area contributed by atoms with Gasteiger partial charge in [0.1, 0.15) is 0 Å². The number of hydrogen-bond donors (Lipinski definition) is 0. The fraction of sp³-hybridized carbons (Fsp3) is 0.333. The Kier molecular flexibility index (Phi) is 5.62. The van der Waals surface area contributed by atoms with Gasteiger partial charge < -0.3 is 14.2 Å². The number of nitrogens with zero attached hydrogens (tertiary/aromatic N) is 2. The van der Waals surface area contributed by atoms with Gasteiger partial charge in [0, 0.05) is 35.6 Å². The molecule has 39 heavy (non-hydrogen) atoms. The number of rotatable bonds is 5. The molecule has 2 saturated carbocycles. The fourth-order valence-corrected chi connectivity index (χ4v) is 6.09. The van der Waals surface area contributed by atoms with Crippen molar-refractivity contribution in [1.82, 2.24) is 9.47 Å². The summed E-state index contributed by atoms with van der Waals surface area (Å²) >= 11 is 0. The predicted octanol–water partition coefficient (Wildman–Crippen LogP) is 6.94. The molecule has 1 atom stereocenters. The summed E-state index contributed by atoms with van der Waals surface area (Å²) in [5, 5.41) is 1.04. The third-order valence-corrected chi connectivity index (χ3v) is 8.67. The van der Waals surface area contributed by atoms with Gasteiger partial charge in [-0.05, 0) is 92.0 Å². The number of hydrogen-bond acceptors (Lipinski definition) is 3. The third kappa shape index (κ3) is 4.13. The zero-order valence-corrected chi connectivity index (χ0v) is 22.2. The highest BCUT2D eigenvalue weighted by Crippen LogP contribution is 2.46. The van der Waals surface area contributed by atoms with E-state index in [0.29, 0.717) is 29.3 Å². The van der Waals surface area contributed by atoms with Crippen LogP contribution in [-0.2, 0) is 18.3 Å². The van der Waals surface area contributed by atoms with Crippen LogP contribution in [0.15, 0.2) is 60.7 Å². The summed E-state index contributed by atoms with van der Waals surface area (Å²) in [4.78, 5) is 28.1. The molecule has 7 rings (SSSR count). The van der Waals surface area contributed by atoms with E-state index in [4.69, 9.17) is 4.74 Å². The minimum atomic E-state index is -0.539. The van der Waals surface area contributed by atoms with Crippen LogP contribution in [0.1, 0.15) is 71.6 Å². The molecule has 0 radical (unpaired) electrons. The topological polar surface area (TPSA) is 51.5 Å². The summed E-state index contributed by atoms with van der Waals surface area (Å²) in [5.41, 5.74) is 6.32. The first-order chi connectivity index (χ1) is 18.9. The number of carbonyl (C=O) groups excluding carboxylic acids is 2. The maximum Gasteiger partial charge on any atom is 0.314 e. The van der Waals surface area contributed by atoms with Crippen molar-refractivity contribution < 1.29 is 18.7 Å². The molecule has 198 valence electrons. The summed E-state index contributed by atoms with van der Waals surface area (Å²) in [6.07, 6.45) is 4.63. The van der Waals surface area contributed by atoms with E-state index < -0.39 is 5.82 Å². The lowest BCUT2D eigenvalue weighted by atomic mass is 9.92. The van der Waals surface area contributed by atoms with E-state index in [0.717, 1.165) is 48.6 Å². The Hall–Kier alpha value is -3.93. The smallest absolute Gasteiger partial charge is 0.314 e. The maximum absolute atomic E-state index is 15.6. The fourth-order valence-electron chi connectivity index (χ4n) is 6.09. The minimum absolute atomic E-state index is 0.00156. The van der Waals surface area contributed by atoms with E-state index in [1.165, 1.54) is 17.2 Å². The normalized spacial score (nSPS) is 18.7. The molecule has 3 aromatic carbocycles. The van der Waals surface area contributed by atoms with Crippen LogP contribution in [0.5, 0.6) is 5.75 Å². The van der Waals surface area contributed by atoms with Crippen LogP contribution < -0.4 is 4.74 Å². The van der Waals surface area contributed by atoms with Crippen molar-refractivity contribution in [2.45, 2.75) is 51.0 Å². The Morgan fingerprint density at radius 2 is 1.74 bits per heavy atom. The molecule has 1 aromatic heterocycles. The summed E-state index contributed by atoms with van der Waals surface area (Å²) in [6, 6.07) is 19.3. The number of amides is 1. The van der Waals surface area contributed by atoms with Crippen molar-refractivity contribution in [3.05, 3.63) is 88.7 Å². The molecule has 4 aromatic rings. The van der Waals surface area contributed by atoms with E-state index in [2.05, 4.69) is 31.2 Å². The first-order valence-electron chi connectivity index (χ1n) is 13.9. The quantitative estimate of drug-likeness (QED) is 0.211. The Labute approximate surface area is 227 Å². The molecule has 2 fully saturated rings. The van der Waals surface area contributed by atoms with Crippen LogP contribution in [0.25, 0.3) is 22.2 Å². The maximum atomic E-state index is 15.6. The average molecular weight is 523 g/mol. The number of aromatic nitrogens is 1. The highest BCUT2D eigenvalue weighted by Gasteiger charge is 2.34. The van der Waals surface area contributed by atoms with Crippen LogP contribution in [0.2, 0.25) is 0 Å². The van der Waals surface area contributed by atoms with Gasteiger partial charge in [-0.3, -0.25) is 9.59 Å². The molecular formula is C33H31FN2O3. The van der Waals surface area contributed by atoms with Crippen molar-refractivity contribution in [2.75, 3.05) is 6.54 Å². The molecule has 0 spiro atoms. The lowest BCUT2D eigenvalue weighted by Gasteiger charge is -2.35. The van der Waals surface area contributed by atoms with E-state index in [-0.39, 0.29) is 29.6 Å². The standard InChI is InChI=1S/C33H31FN2O3/c1-19-24-7-4-3-6-20(24)14-15-36(19)32(37)23-16-26(21-10-11-21)27-18-29(35(2)28(27)17-23)25-8-5-9-30(31(25)34)39-33(38)22-12-13-22/h3-9,16-19,21-22H,10-15H2,1-2H3/t19-/m1/s1. The molecule has 2 heterocycles. The Morgan fingerprint density at radius 1 is 0.949 bits per heavy atom. The van der Waals surface area contributed by atoms with E-state index >= 15 is 4.39 Å². The van der Waals surface area contributed by atoms with Crippen LogP contribution >= 0.6 is 0 Å². The predicted molar refractivity (Wildman–Crippen MR) is 148 cm³/mol. The second-order valence-corrected chi connectivity index (χ2v) is 11.3. The number of aryl methyl sites for hydroxylation is 1. The highest BCUT2D eigenvalue weighted by molar-refractivity contribution is 6.01. The molecule has 2 aliphatic carbocycles. The zero-order chi connectivity index (χ0) is 26.8. The Balaban J connectivity index is 1.28. The summed E-state index contributed by atoms with van der Waals surface area (Å²) in [5.74, 6) is -0.611. The molecule has 3 aliphatic rings. The number of halogens is 1. The van der Waals surface area contributed by atoms with Crippen molar-refractivity contribution >= 4 is 22.8 Å². The average Bonchev–Trinajstić information content (AvgIpc) is 3.87. The first-order valence-corrected chi connectivity index (χ1v) is 13.9. The van der Waals surface area contributed by atoms with Crippen LogP contribution in [0.4, 0.5) is 4.39 Å². The van der Waals surface area contributed by atoms with Gasteiger partial charge in [0.25, 0.3) is 5.91 Å². The Bertz CT molecular complexity index is 1650. The van der Waals surface area contributed by atoms with Gasteiger partial charge in [-0.25, -0.2) is 4.39 Å². The molecule has 1 amide bonds. The molecule has 6 heteroatoms. The van der Waals surface area contributed by atoms with Crippen molar-refractivity contribution in [3.8, 4) is 17.0 Å². The van der Waals surface area contributed by atoms with E-state index in [9.17, 15) is 9.59 Å².